The van der Waals surface area contributed by atoms with Gasteiger partial charge in [-0.1, -0.05) is 32.4 Å². The fourth-order valence-electron chi connectivity index (χ4n) is 5.50. The first-order valence-electron chi connectivity index (χ1n) is 6.74. The summed E-state index contributed by atoms with van der Waals surface area (Å²) in [6, 6.07) is 0. The van der Waals surface area contributed by atoms with E-state index in [-0.39, 0.29) is 6.10 Å². The van der Waals surface area contributed by atoms with E-state index in [1.165, 1.54) is 12.8 Å². The molecule has 2 saturated carbocycles. The first kappa shape index (κ1) is 10.8. The predicted molar refractivity (Wildman–Crippen MR) is 66.0 cm³/mol. The second kappa shape index (κ2) is 2.93. The quantitative estimate of drug-likeness (QED) is 0.620. The minimum absolute atomic E-state index is 0.0608. The lowest BCUT2D eigenvalue weighted by Crippen LogP contribution is -2.35. The second-order valence-electron chi connectivity index (χ2n) is 7.15. The zero-order valence-electron chi connectivity index (χ0n) is 11.0. The molecule has 0 amide bonds. The maximum Gasteiger partial charge on any atom is 0.0582 e. The third kappa shape index (κ3) is 1.01. The molecule has 1 N–H and O–H groups in total. The van der Waals surface area contributed by atoms with Crippen LogP contribution in [0.4, 0.5) is 0 Å². The second-order valence-corrected chi connectivity index (χ2v) is 7.15. The summed E-state index contributed by atoms with van der Waals surface area (Å²) in [5, 5.41) is 10.4. The van der Waals surface area contributed by atoms with Gasteiger partial charge in [0.05, 0.1) is 6.10 Å². The summed E-state index contributed by atoms with van der Waals surface area (Å²) in [7, 11) is 0. The molecule has 0 radical (unpaired) electrons. The number of fused-ring (bicyclic) bond motifs is 1. The molecule has 0 aromatic carbocycles. The average molecular weight is 220 g/mol. The fraction of sp³-hybridized carbons (Fsp3) is 0.867. The molecule has 0 aromatic heterocycles. The molecule has 3 aliphatic rings. The Morgan fingerprint density at radius 2 is 2.06 bits per heavy atom. The van der Waals surface area contributed by atoms with Gasteiger partial charge in [-0.15, -0.1) is 0 Å². The first-order chi connectivity index (χ1) is 7.39. The van der Waals surface area contributed by atoms with Crippen LogP contribution >= 0.6 is 0 Å². The molecule has 0 aromatic rings. The van der Waals surface area contributed by atoms with Crippen molar-refractivity contribution in [2.45, 2.75) is 53.1 Å². The van der Waals surface area contributed by atoms with Crippen molar-refractivity contribution in [2.75, 3.05) is 0 Å². The van der Waals surface area contributed by atoms with Crippen molar-refractivity contribution in [3.8, 4) is 0 Å². The van der Waals surface area contributed by atoms with Crippen molar-refractivity contribution in [1.82, 2.24) is 0 Å². The molecular weight excluding hydrogens is 196 g/mol. The van der Waals surface area contributed by atoms with Crippen molar-refractivity contribution >= 4 is 0 Å². The van der Waals surface area contributed by atoms with E-state index in [1.54, 1.807) is 5.57 Å². The molecule has 1 spiro atoms. The topological polar surface area (TPSA) is 20.2 Å². The number of rotatable bonds is 0. The molecule has 16 heavy (non-hydrogen) atoms. The first-order valence-corrected chi connectivity index (χ1v) is 6.74. The minimum Gasteiger partial charge on any atom is -0.393 e. The normalized spacial score (nSPS) is 53.7. The maximum absolute atomic E-state index is 10.4. The average Bonchev–Trinajstić information content (AvgIpc) is 2.54. The van der Waals surface area contributed by atoms with E-state index in [1.807, 2.05) is 0 Å². The molecule has 1 heteroatoms. The monoisotopic (exact) mass is 220 g/mol. The number of aliphatic hydroxyl groups excluding tert-OH is 1. The molecule has 5 unspecified atom stereocenters. The SMILES string of the molecule is CC1=CCC23CC1C(C)(C)C2C(O)CC3C. The molecular formula is C15H24O. The van der Waals surface area contributed by atoms with Crippen molar-refractivity contribution in [2.24, 2.45) is 28.6 Å². The molecule has 1 nitrogen and oxygen atoms in total. The molecule has 0 aliphatic heterocycles. The van der Waals surface area contributed by atoms with Gasteiger partial charge < -0.3 is 5.11 Å². The number of hydrogen-bond donors (Lipinski definition) is 1. The Bertz CT molecular complexity index is 354. The highest BCUT2D eigenvalue weighted by molar-refractivity contribution is 5.26. The highest BCUT2D eigenvalue weighted by Gasteiger charge is 2.66. The zero-order chi connectivity index (χ0) is 11.7. The third-order valence-corrected chi connectivity index (χ3v) is 6.22. The van der Waals surface area contributed by atoms with Gasteiger partial charge in [0.25, 0.3) is 0 Å². The lowest BCUT2D eigenvalue weighted by atomic mass is 9.67. The molecule has 3 aliphatic carbocycles. The van der Waals surface area contributed by atoms with Gasteiger partial charge in [-0.3, -0.25) is 0 Å². The Morgan fingerprint density at radius 1 is 1.38 bits per heavy atom. The van der Waals surface area contributed by atoms with E-state index in [2.05, 4.69) is 33.8 Å². The van der Waals surface area contributed by atoms with E-state index in [4.69, 9.17) is 0 Å². The van der Waals surface area contributed by atoms with Crippen LogP contribution in [0.15, 0.2) is 11.6 Å². The predicted octanol–water partition coefficient (Wildman–Crippen LogP) is 3.39. The van der Waals surface area contributed by atoms with Crippen LogP contribution in [0.3, 0.4) is 0 Å². The Labute approximate surface area is 98.9 Å². The van der Waals surface area contributed by atoms with Gasteiger partial charge in [0.15, 0.2) is 0 Å². The van der Waals surface area contributed by atoms with Crippen molar-refractivity contribution in [3.63, 3.8) is 0 Å². The molecule has 2 fully saturated rings. The summed E-state index contributed by atoms with van der Waals surface area (Å²) in [6.45, 7) is 9.41. The molecule has 0 saturated heterocycles. The molecule has 90 valence electrons. The lowest BCUT2D eigenvalue weighted by Gasteiger charge is -2.37. The van der Waals surface area contributed by atoms with Gasteiger partial charge in [0, 0.05) is 0 Å². The van der Waals surface area contributed by atoms with Crippen LogP contribution in [0.5, 0.6) is 0 Å². The zero-order valence-corrected chi connectivity index (χ0v) is 11.0. The summed E-state index contributed by atoms with van der Waals surface area (Å²) in [4.78, 5) is 0. The summed E-state index contributed by atoms with van der Waals surface area (Å²) < 4.78 is 0. The van der Waals surface area contributed by atoms with Crippen molar-refractivity contribution < 1.29 is 5.11 Å². The highest BCUT2D eigenvalue weighted by Crippen LogP contribution is 2.71. The van der Waals surface area contributed by atoms with Gasteiger partial charge in [0.2, 0.25) is 0 Å². The minimum atomic E-state index is -0.0608. The van der Waals surface area contributed by atoms with Gasteiger partial charge >= 0.3 is 0 Å². The number of aliphatic hydroxyl groups is 1. The van der Waals surface area contributed by atoms with Gasteiger partial charge in [0.1, 0.15) is 0 Å². The summed E-state index contributed by atoms with van der Waals surface area (Å²) in [5.74, 6) is 1.93. The van der Waals surface area contributed by atoms with Crippen LogP contribution in [0, 0.1) is 28.6 Å². The maximum atomic E-state index is 10.4. The van der Waals surface area contributed by atoms with Gasteiger partial charge in [-0.25, -0.2) is 0 Å². The van der Waals surface area contributed by atoms with Crippen molar-refractivity contribution in [1.29, 1.82) is 0 Å². The van der Waals surface area contributed by atoms with Crippen LogP contribution in [0.25, 0.3) is 0 Å². The van der Waals surface area contributed by atoms with Crippen LogP contribution in [-0.4, -0.2) is 11.2 Å². The van der Waals surface area contributed by atoms with E-state index in [0.717, 1.165) is 6.42 Å². The Kier molecular flexibility index (Phi) is 1.98. The third-order valence-electron chi connectivity index (χ3n) is 6.22. The number of allylic oxidation sites excluding steroid dienone is 2. The van der Waals surface area contributed by atoms with Crippen molar-refractivity contribution in [3.05, 3.63) is 11.6 Å². The smallest absolute Gasteiger partial charge is 0.0582 e. The van der Waals surface area contributed by atoms with Crippen LogP contribution in [0.1, 0.15) is 47.0 Å². The van der Waals surface area contributed by atoms with Crippen LogP contribution in [0.2, 0.25) is 0 Å². The van der Waals surface area contributed by atoms with E-state index >= 15 is 0 Å². The molecule has 2 bridgehead atoms. The largest absolute Gasteiger partial charge is 0.393 e. The molecule has 3 rings (SSSR count). The Morgan fingerprint density at radius 3 is 2.75 bits per heavy atom. The summed E-state index contributed by atoms with van der Waals surface area (Å²) >= 11 is 0. The van der Waals surface area contributed by atoms with Gasteiger partial charge in [-0.05, 0) is 54.8 Å². The van der Waals surface area contributed by atoms with Crippen LogP contribution in [-0.2, 0) is 0 Å². The Balaban J connectivity index is 2.13. The Hall–Kier alpha value is -0.300. The van der Waals surface area contributed by atoms with E-state index in [0.29, 0.717) is 28.6 Å². The van der Waals surface area contributed by atoms with E-state index in [9.17, 15) is 5.11 Å². The summed E-state index contributed by atoms with van der Waals surface area (Å²) in [5.41, 5.74) is 2.29. The molecule has 5 atom stereocenters. The standard InChI is InChI=1S/C15H24O/c1-9-5-6-15-8-11(9)14(3,4)13(15)12(16)7-10(15)2/h5,10-13,16H,6-8H2,1-4H3. The van der Waals surface area contributed by atoms with Gasteiger partial charge in [-0.2, -0.15) is 0 Å². The fourth-order valence-corrected chi connectivity index (χ4v) is 5.50. The van der Waals surface area contributed by atoms with Crippen LogP contribution < -0.4 is 0 Å². The number of hydrogen-bond acceptors (Lipinski definition) is 1. The molecule has 0 heterocycles. The summed E-state index contributed by atoms with van der Waals surface area (Å²) in [6.07, 6.45) is 5.96. The highest BCUT2D eigenvalue weighted by atomic mass is 16.3. The lowest BCUT2D eigenvalue weighted by molar-refractivity contribution is 0.0309. The van der Waals surface area contributed by atoms with E-state index < -0.39 is 0 Å².